The van der Waals surface area contributed by atoms with Gasteiger partial charge in [0.2, 0.25) is 5.91 Å². The molecule has 2 aromatic heterocycles. The summed E-state index contributed by atoms with van der Waals surface area (Å²) in [5.74, 6) is 1.73. The van der Waals surface area contributed by atoms with E-state index in [4.69, 9.17) is 4.74 Å². The Bertz CT molecular complexity index is 967. The summed E-state index contributed by atoms with van der Waals surface area (Å²) in [5.41, 5.74) is 1.82. The number of hydrogen-bond acceptors (Lipinski definition) is 4. The molecule has 1 amide bonds. The molecule has 4 heterocycles. The summed E-state index contributed by atoms with van der Waals surface area (Å²) in [7, 11) is 0. The van der Waals surface area contributed by atoms with E-state index in [1.807, 2.05) is 58.0 Å². The SMILES string of the molecule is O=C([C@H]1CCOc2ccccc21)N1CCC[C@@H]1c1nnc2ccccn12. The van der Waals surface area contributed by atoms with Crippen molar-refractivity contribution in [1.29, 1.82) is 0 Å². The van der Waals surface area contributed by atoms with Crippen LogP contribution in [-0.4, -0.2) is 38.6 Å². The molecule has 5 rings (SSSR count). The molecule has 6 nitrogen and oxygen atoms in total. The van der Waals surface area contributed by atoms with Crippen LogP contribution >= 0.6 is 0 Å². The predicted octanol–water partition coefficient (Wildman–Crippen LogP) is 2.96. The molecule has 6 heteroatoms. The second-order valence-corrected chi connectivity index (χ2v) is 6.90. The maximum atomic E-state index is 13.4. The van der Waals surface area contributed by atoms with Gasteiger partial charge in [-0.15, -0.1) is 10.2 Å². The molecule has 1 fully saturated rings. The van der Waals surface area contributed by atoms with Gasteiger partial charge in [-0.1, -0.05) is 24.3 Å². The van der Waals surface area contributed by atoms with E-state index >= 15 is 0 Å². The summed E-state index contributed by atoms with van der Waals surface area (Å²) >= 11 is 0. The molecular formula is C20H20N4O2. The summed E-state index contributed by atoms with van der Waals surface area (Å²) in [6, 6.07) is 13.7. The Morgan fingerprint density at radius 3 is 2.92 bits per heavy atom. The lowest BCUT2D eigenvalue weighted by molar-refractivity contribution is -0.134. The Morgan fingerprint density at radius 1 is 1.08 bits per heavy atom. The van der Waals surface area contributed by atoms with Crippen molar-refractivity contribution in [2.45, 2.75) is 31.2 Å². The van der Waals surface area contributed by atoms with Gasteiger partial charge in [-0.3, -0.25) is 9.20 Å². The lowest BCUT2D eigenvalue weighted by Gasteiger charge is -2.31. The van der Waals surface area contributed by atoms with Gasteiger partial charge in [-0.2, -0.15) is 0 Å². The number of nitrogens with zero attached hydrogens (tertiary/aromatic N) is 4. The first-order chi connectivity index (χ1) is 12.8. The summed E-state index contributed by atoms with van der Waals surface area (Å²) in [4.78, 5) is 15.4. The Balaban J connectivity index is 1.49. The first-order valence-corrected chi connectivity index (χ1v) is 9.15. The van der Waals surface area contributed by atoms with Crippen LogP contribution in [0.1, 0.15) is 42.6 Å². The predicted molar refractivity (Wildman–Crippen MR) is 96.0 cm³/mol. The van der Waals surface area contributed by atoms with E-state index in [9.17, 15) is 4.79 Å². The molecule has 0 aliphatic carbocycles. The van der Waals surface area contributed by atoms with E-state index in [2.05, 4.69) is 10.2 Å². The highest BCUT2D eigenvalue weighted by atomic mass is 16.5. The van der Waals surface area contributed by atoms with Crippen molar-refractivity contribution < 1.29 is 9.53 Å². The highest BCUT2D eigenvalue weighted by Crippen LogP contribution is 2.39. The second kappa shape index (κ2) is 6.12. The van der Waals surface area contributed by atoms with Gasteiger partial charge in [0.15, 0.2) is 11.5 Å². The minimum absolute atomic E-state index is 0.0186. The number of aromatic nitrogens is 3. The van der Waals surface area contributed by atoms with Crippen LogP contribution in [0.25, 0.3) is 5.65 Å². The van der Waals surface area contributed by atoms with Crippen molar-refractivity contribution in [1.82, 2.24) is 19.5 Å². The molecular weight excluding hydrogens is 328 g/mol. The van der Waals surface area contributed by atoms with Crippen molar-refractivity contribution in [3.63, 3.8) is 0 Å². The number of fused-ring (bicyclic) bond motifs is 2. The van der Waals surface area contributed by atoms with Crippen molar-refractivity contribution >= 4 is 11.6 Å². The molecule has 0 unspecified atom stereocenters. The van der Waals surface area contributed by atoms with Crippen molar-refractivity contribution in [2.24, 2.45) is 0 Å². The molecule has 0 radical (unpaired) electrons. The van der Waals surface area contributed by atoms with Gasteiger partial charge < -0.3 is 9.64 Å². The highest BCUT2D eigenvalue weighted by Gasteiger charge is 2.38. The molecule has 0 N–H and O–H groups in total. The smallest absolute Gasteiger partial charge is 0.231 e. The molecule has 2 aliphatic rings. The third kappa shape index (κ3) is 2.36. The van der Waals surface area contributed by atoms with Crippen molar-refractivity contribution in [3.8, 4) is 5.75 Å². The third-order valence-electron chi connectivity index (χ3n) is 5.43. The minimum Gasteiger partial charge on any atom is -0.493 e. The maximum Gasteiger partial charge on any atom is 0.231 e. The van der Waals surface area contributed by atoms with Gasteiger partial charge in [0, 0.05) is 18.3 Å². The molecule has 2 aliphatic heterocycles. The highest BCUT2D eigenvalue weighted by molar-refractivity contribution is 5.85. The van der Waals surface area contributed by atoms with Crippen LogP contribution in [0.5, 0.6) is 5.75 Å². The van der Waals surface area contributed by atoms with Crippen LogP contribution in [0, 0.1) is 0 Å². The Hall–Kier alpha value is -2.89. The standard InChI is InChI=1S/C20H20N4O2/c25-20(15-10-13-26-17-8-2-1-6-14(15)17)23-12-5-7-16(23)19-22-21-18-9-3-4-11-24(18)19/h1-4,6,8-9,11,15-16H,5,7,10,12-13H2/t15-,16+/m0/s1. The largest absolute Gasteiger partial charge is 0.493 e. The number of rotatable bonds is 2. The number of ether oxygens (including phenoxy) is 1. The lowest BCUT2D eigenvalue weighted by Crippen LogP contribution is -2.37. The van der Waals surface area contributed by atoms with Gasteiger partial charge in [0.25, 0.3) is 0 Å². The molecule has 0 spiro atoms. The van der Waals surface area contributed by atoms with E-state index in [0.29, 0.717) is 6.61 Å². The monoisotopic (exact) mass is 348 g/mol. The number of benzene rings is 1. The van der Waals surface area contributed by atoms with Crippen LogP contribution in [0.3, 0.4) is 0 Å². The molecule has 0 bridgehead atoms. The molecule has 26 heavy (non-hydrogen) atoms. The fraction of sp³-hybridized carbons (Fsp3) is 0.350. The van der Waals surface area contributed by atoms with E-state index in [1.54, 1.807) is 0 Å². The summed E-state index contributed by atoms with van der Waals surface area (Å²) in [6.45, 7) is 1.35. The number of likely N-dealkylation sites (tertiary alicyclic amines) is 1. The zero-order chi connectivity index (χ0) is 17.5. The number of para-hydroxylation sites is 1. The second-order valence-electron chi connectivity index (χ2n) is 6.90. The minimum atomic E-state index is -0.139. The van der Waals surface area contributed by atoms with Crippen LogP contribution in [0.2, 0.25) is 0 Å². The lowest BCUT2D eigenvalue weighted by atomic mass is 9.91. The number of hydrogen-bond donors (Lipinski definition) is 0. The number of carbonyl (C=O) groups is 1. The van der Waals surface area contributed by atoms with Gasteiger partial charge in [-0.05, 0) is 37.5 Å². The average Bonchev–Trinajstić information content (AvgIpc) is 3.33. The Morgan fingerprint density at radius 2 is 1.96 bits per heavy atom. The number of pyridine rings is 1. The molecule has 2 atom stereocenters. The first kappa shape index (κ1) is 15.4. The van der Waals surface area contributed by atoms with Crippen LogP contribution in [0.15, 0.2) is 48.7 Å². The average molecular weight is 348 g/mol. The van der Waals surface area contributed by atoms with Crippen molar-refractivity contribution in [3.05, 3.63) is 60.0 Å². The van der Waals surface area contributed by atoms with E-state index < -0.39 is 0 Å². The summed E-state index contributed by atoms with van der Waals surface area (Å²) in [6.07, 6.45) is 4.60. The summed E-state index contributed by atoms with van der Waals surface area (Å²) < 4.78 is 7.72. The molecule has 0 saturated carbocycles. The van der Waals surface area contributed by atoms with Gasteiger partial charge >= 0.3 is 0 Å². The van der Waals surface area contributed by atoms with Gasteiger partial charge in [0.1, 0.15) is 5.75 Å². The first-order valence-electron chi connectivity index (χ1n) is 9.15. The molecule has 1 saturated heterocycles. The third-order valence-corrected chi connectivity index (χ3v) is 5.43. The topological polar surface area (TPSA) is 59.7 Å². The zero-order valence-corrected chi connectivity index (χ0v) is 14.4. The zero-order valence-electron chi connectivity index (χ0n) is 14.4. The summed E-state index contributed by atoms with van der Waals surface area (Å²) in [5, 5.41) is 8.65. The normalized spacial score (nSPS) is 22.2. The van der Waals surface area contributed by atoms with Crippen LogP contribution in [-0.2, 0) is 4.79 Å². The van der Waals surface area contributed by atoms with Crippen LogP contribution < -0.4 is 4.74 Å². The number of carbonyl (C=O) groups excluding carboxylic acids is 1. The van der Waals surface area contributed by atoms with Gasteiger partial charge in [0.05, 0.1) is 18.6 Å². The maximum absolute atomic E-state index is 13.4. The molecule has 132 valence electrons. The van der Waals surface area contributed by atoms with E-state index in [1.165, 1.54) is 0 Å². The van der Waals surface area contributed by atoms with E-state index in [0.717, 1.165) is 48.6 Å². The Kier molecular flexibility index (Phi) is 3.62. The molecule has 3 aromatic rings. The molecule has 1 aromatic carbocycles. The number of amides is 1. The quantitative estimate of drug-likeness (QED) is 0.714. The van der Waals surface area contributed by atoms with Crippen molar-refractivity contribution in [2.75, 3.05) is 13.2 Å². The fourth-order valence-corrected chi connectivity index (χ4v) is 4.18. The van der Waals surface area contributed by atoms with Gasteiger partial charge in [-0.25, -0.2) is 0 Å². The van der Waals surface area contributed by atoms with Crippen LogP contribution in [0.4, 0.5) is 0 Å². The Labute approximate surface area is 151 Å². The van der Waals surface area contributed by atoms with E-state index in [-0.39, 0.29) is 17.9 Å². The fourth-order valence-electron chi connectivity index (χ4n) is 4.18.